The molecule has 0 saturated carbocycles. The number of rotatable bonds is 4. The fourth-order valence-corrected chi connectivity index (χ4v) is 15.4. The van der Waals surface area contributed by atoms with Gasteiger partial charge in [-0.15, -0.1) is 0 Å². The van der Waals surface area contributed by atoms with E-state index in [0.29, 0.717) is 6.61 Å². The van der Waals surface area contributed by atoms with Gasteiger partial charge in [0.25, 0.3) is 0 Å². The molecule has 2 fully saturated rings. The molecule has 0 aromatic carbocycles. The maximum absolute atomic E-state index is 10.5. The average Bonchev–Trinajstić information content (AvgIpc) is 2.73. The minimum atomic E-state index is -2.70. The average molecular weight is 386 g/mol. The van der Waals surface area contributed by atoms with Crippen LogP contribution in [0.4, 0.5) is 0 Å². The number of hydrogen-bond donors (Lipinski definition) is 1. The van der Waals surface area contributed by atoms with E-state index < -0.39 is 35.3 Å². The first-order valence-electron chi connectivity index (χ1n) is 9.59. The standard InChI is InChI=1S/C17H35BO5Si2/c1-10(2)24(11(3)4)20-9-14-16(15(19)17(18)21-14)22-25(23-24,12(5)6)13(7)8/h10-17,19H,9H2,1-8H3. The fraction of sp³-hybridized carbons (Fsp3) is 1.00. The number of fused-ring (bicyclic) bond motifs is 1. The molecule has 25 heavy (non-hydrogen) atoms. The van der Waals surface area contributed by atoms with Gasteiger partial charge in [0.2, 0.25) is 0 Å². The lowest BCUT2D eigenvalue weighted by atomic mass is 9.93. The Morgan fingerprint density at radius 3 is 1.80 bits per heavy atom. The molecule has 4 unspecified atom stereocenters. The molecule has 4 atom stereocenters. The lowest BCUT2D eigenvalue weighted by Crippen LogP contribution is -2.65. The van der Waals surface area contributed by atoms with E-state index in [9.17, 15) is 5.11 Å². The Morgan fingerprint density at radius 1 is 0.880 bits per heavy atom. The summed E-state index contributed by atoms with van der Waals surface area (Å²) in [5, 5.41) is 10.5. The van der Waals surface area contributed by atoms with Crippen LogP contribution in [0.15, 0.2) is 0 Å². The summed E-state index contributed by atoms with van der Waals surface area (Å²) < 4.78 is 26.0. The highest BCUT2D eigenvalue weighted by Crippen LogP contribution is 2.47. The van der Waals surface area contributed by atoms with Crippen LogP contribution < -0.4 is 0 Å². The summed E-state index contributed by atoms with van der Waals surface area (Å²) in [6.07, 6.45) is -1.69. The highest BCUT2D eigenvalue weighted by Gasteiger charge is 2.61. The molecule has 2 rings (SSSR count). The van der Waals surface area contributed by atoms with Crippen LogP contribution in [0.5, 0.6) is 0 Å². The van der Waals surface area contributed by atoms with Gasteiger partial charge in [0.15, 0.2) is 0 Å². The summed E-state index contributed by atoms with van der Waals surface area (Å²) in [5.41, 5.74) is 1.03. The van der Waals surface area contributed by atoms with Gasteiger partial charge in [-0.3, -0.25) is 0 Å². The molecule has 1 N–H and O–H groups in total. The second-order valence-corrected chi connectivity index (χ2v) is 17.5. The van der Waals surface area contributed by atoms with E-state index in [1.807, 2.05) is 0 Å². The Hall–Kier alpha value is 0.299. The Labute approximate surface area is 156 Å². The lowest BCUT2D eigenvalue weighted by Gasteiger charge is -2.51. The maximum Gasteiger partial charge on any atom is 0.335 e. The summed E-state index contributed by atoms with van der Waals surface area (Å²) in [5.74, 6) is 0. The van der Waals surface area contributed by atoms with Gasteiger partial charge in [-0.05, 0) is 22.2 Å². The number of aliphatic hydroxyl groups excluding tert-OH is 1. The Bertz CT molecular complexity index is 444. The summed E-state index contributed by atoms with van der Waals surface area (Å²) in [7, 11) is 0.699. The molecule has 0 amide bonds. The van der Waals surface area contributed by atoms with E-state index in [0.717, 1.165) is 0 Å². The van der Waals surface area contributed by atoms with Crippen LogP contribution in [0, 0.1) is 0 Å². The first-order chi connectivity index (χ1) is 11.5. The minimum Gasteiger partial charge on any atom is -0.414 e. The molecule has 0 aromatic rings. The largest absolute Gasteiger partial charge is 0.414 e. The molecule has 8 heteroatoms. The van der Waals surface area contributed by atoms with E-state index in [2.05, 4.69) is 55.4 Å². The molecule has 2 heterocycles. The van der Waals surface area contributed by atoms with Crippen molar-refractivity contribution in [3.8, 4) is 0 Å². The molecular weight excluding hydrogens is 351 g/mol. The molecule has 0 aliphatic carbocycles. The van der Waals surface area contributed by atoms with E-state index in [1.54, 1.807) is 0 Å². The monoisotopic (exact) mass is 386 g/mol. The van der Waals surface area contributed by atoms with Crippen molar-refractivity contribution in [1.29, 1.82) is 0 Å². The van der Waals surface area contributed by atoms with Crippen molar-refractivity contribution in [2.45, 2.75) is 102 Å². The quantitative estimate of drug-likeness (QED) is 0.752. The number of ether oxygens (including phenoxy) is 1. The molecule has 5 nitrogen and oxygen atoms in total. The van der Waals surface area contributed by atoms with Crippen molar-refractivity contribution in [2.24, 2.45) is 0 Å². The van der Waals surface area contributed by atoms with Gasteiger partial charge in [-0.2, -0.15) is 0 Å². The molecular formula is C17H35BO5Si2. The highest BCUT2D eigenvalue weighted by molar-refractivity contribution is 6.83. The molecule has 0 aromatic heterocycles. The minimum absolute atomic E-state index is 0.225. The van der Waals surface area contributed by atoms with Crippen molar-refractivity contribution in [2.75, 3.05) is 6.61 Å². The van der Waals surface area contributed by atoms with E-state index in [1.165, 1.54) is 0 Å². The highest BCUT2D eigenvalue weighted by atomic mass is 28.5. The topological polar surface area (TPSA) is 57.2 Å². The lowest BCUT2D eigenvalue weighted by molar-refractivity contribution is -0.0318. The predicted molar refractivity (Wildman–Crippen MR) is 104 cm³/mol. The molecule has 2 aliphatic rings. The Kier molecular flexibility index (Phi) is 6.68. The van der Waals surface area contributed by atoms with Crippen LogP contribution in [-0.4, -0.2) is 61.0 Å². The molecule has 144 valence electrons. The maximum atomic E-state index is 10.5. The molecule has 2 radical (unpaired) electrons. The normalized spacial score (nSPS) is 35.2. The van der Waals surface area contributed by atoms with Gasteiger partial charge in [0.1, 0.15) is 20.1 Å². The summed E-state index contributed by atoms with van der Waals surface area (Å²) in [4.78, 5) is 0. The fourth-order valence-electron chi connectivity index (χ4n) is 4.18. The number of aliphatic hydroxyl groups is 1. The summed E-state index contributed by atoms with van der Waals surface area (Å²) in [6, 6.07) is -0.739. The third-order valence-electron chi connectivity index (χ3n) is 5.70. The van der Waals surface area contributed by atoms with Crippen LogP contribution in [0.25, 0.3) is 0 Å². The first kappa shape index (κ1) is 21.6. The van der Waals surface area contributed by atoms with E-state index in [4.69, 9.17) is 25.6 Å². The van der Waals surface area contributed by atoms with Crippen LogP contribution in [0.1, 0.15) is 55.4 Å². The molecule has 0 bridgehead atoms. The zero-order chi connectivity index (χ0) is 19.2. The third-order valence-corrected chi connectivity index (χ3v) is 16.0. The third kappa shape index (κ3) is 3.68. The predicted octanol–water partition coefficient (Wildman–Crippen LogP) is 3.20. The summed E-state index contributed by atoms with van der Waals surface area (Å²) >= 11 is 0. The number of hydrogen-bond acceptors (Lipinski definition) is 5. The van der Waals surface area contributed by atoms with E-state index in [-0.39, 0.29) is 28.3 Å². The van der Waals surface area contributed by atoms with Crippen molar-refractivity contribution < 1.29 is 22.8 Å². The molecule has 2 saturated heterocycles. The van der Waals surface area contributed by atoms with Gasteiger partial charge < -0.3 is 22.8 Å². The van der Waals surface area contributed by atoms with Crippen LogP contribution in [0.3, 0.4) is 0 Å². The van der Waals surface area contributed by atoms with Gasteiger partial charge in [0.05, 0.1) is 12.7 Å². The van der Waals surface area contributed by atoms with Crippen molar-refractivity contribution in [3.05, 3.63) is 0 Å². The summed E-state index contributed by atoms with van der Waals surface area (Å²) in [6.45, 7) is 17.7. The SMILES string of the molecule is [B]C1OC2CO[Si](C(C)C)(C(C)C)O[Si](C(C)C)(C(C)C)OC2C1O. The second kappa shape index (κ2) is 7.73. The van der Waals surface area contributed by atoms with Gasteiger partial charge in [-0.1, -0.05) is 55.4 Å². The van der Waals surface area contributed by atoms with E-state index >= 15 is 0 Å². The van der Waals surface area contributed by atoms with Crippen LogP contribution in [0.2, 0.25) is 22.2 Å². The molecule has 2 aliphatic heterocycles. The zero-order valence-electron chi connectivity index (χ0n) is 17.0. The van der Waals surface area contributed by atoms with Crippen molar-refractivity contribution >= 4 is 25.0 Å². The van der Waals surface area contributed by atoms with Crippen molar-refractivity contribution in [1.82, 2.24) is 0 Å². The van der Waals surface area contributed by atoms with Gasteiger partial charge in [0, 0.05) is 6.00 Å². The molecule has 0 spiro atoms. The van der Waals surface area contributed by atoms with Crippen molar-refractivity contribution in [3.63, 3.8) is 0 Å². The second-order valence-electron chi connectivity index (χ2n) is 8.69. The Morgan fingerprint density at radius 2 is 1.36 bits per heavy atom. The smallest absolute Gasteiger partial charge is 0.335 e. The van der Waals surface area contributed by atoms with Crippen LogP contribution in [-0.2, 0) is 17.7 Å². The first-order valence-corrected chi connectivity index (χ1v) is 13.5. The Balaban J connectivity index is 2.53. The van der Waals surface area contributed by atoms with Crippen LogP contribution >= 0.6 is 0 Å². The van der Waals surface area contributed by atoms with Gasteiger partial charge in [-0.25, -0.2) is 0 Å². The van der Waals surface area contributed by atoms with Gasteiger partial charge >= 0.3 is 17.1 Å². The zero-order valence-corrected chi connectivity index (χ0v) is 19.0.